The highest BCUT2D eigenvalue weighted by molar-refractivity contribution is 7.13. The summed E-state index contributed by atoms with van der Waals surface area (Å²) in [5.41, 5.74) is 2.01. The fourth-order valence-corrected chi connectivity index (χ4v) is 3.59. The zero-order valence-corrected chi connectivity index (χ0v) is 13.5. The first kappa shape index (κ1) is 15.0. The van der Waals surface area contributed by atoms with E-state index in [0.29, 0.717) is 10.8 Å². The molecule has 0 unspecified atom stereocenters. The Balaban J connectivity index is 1.70. The molecular weight excluding hydrogens is 296 g/mol. The Morgan fingerprint density at radius 1 is 1.36 bits per heavy atom. The predicted molar refractivity (Wildman–Crippen MR) is 89.1 cm³/mol. The van der Waals surface area contributed by atoms with E-state index in [4.69, 9.17) is 0 Å². The molecular formula is C17H20N2O2S. The molecule has 0 radical (unpaired) electrons. The lowest BCUT2D eigenvalue weighted by Crippen LogP contribution is -2.25. The van der Waals surface area contributed by atoms with Crippen molar-refractivity contribution in [3.05, 3.63) is 45.9 Å². The number of para-hydroxylation sites is 1. The van der Waals surface area contributed by atoms with Crippen LogP contribution in [0.25, 0.3) is 0 Å². The highest BCUT2D eigenvalue weighted by Gasteiger charge is 2.31. The lowest BCUT2D eigenvalue weighted by Gasteiger charge is -2.22. The van der Waals surface area contributed by atoms with Gasteiger partial charge in [0, 0.05) is 31.1 Å². The SMILES string of the molecule is CCN(CCc1nc(C2CC2)c(C(=O)O)s1)c1ccccc1. The summed E-state index contributed by atoms with van der Waals surface area (Å²) < 4.78 is 0. The van der Waals surface area contributed by atoms with Crippen LogP contribution < -0.4 is 4.90 Å². The van der Waals surface area contributed by atoms with Crippen LogP contribution in [0.5, 0.6) is 0 Å². The van der Waals surface area contributed by atoms with Crippen molar-refractivity contribution in [1.82, 2.24) is 4.98 Å². The van der Waals surface area contributed by atoms with Crippen molar-refractivity contribution < 1.29 is 9.90 Å². The molecule has 1 heterocycles. The van der Waals surface area contributed by atoms with Gasteiger partial charge in [-0.2, -0.15) is 0 Å². The lowest BCUT2D eigenvalue weighted by atomic mass is 10.2. The van der Waals surface area contributed by atoms with Crippen LogP contribution in [0.15, 0.2) is 30.3 Å². The maximum absolute atomic E-state index is 11.3. The van der Waals surface area contributed by atoms with Gasteiger partial charge in [0.05, 0.1) is 10.7 Å². The van der Waals surface area contributed by atoms with E-state index in [1.165, 1.54) is 17.0 Å². The number of hydrogen-bond acceptors (Lipinski definition) is 4. The molecule has 0 atom stereocenters. The second-order valence-electron chi connectivity index (χ2n) is 5.57. The molecule has 1 aromatic carbocycles. The summed E-state index contributed by atoms with van der Waals surface area (Å²) in [6.07, 6.45) is 2.95. The summed E-state index contributed by atoms with van der Waals surface area (Å²) in [5.74, 6) is -0.450. The van der Waals surface area contributed by atoms with Gasteiger partial charge in [-0.15, -0.1) is 11.3 Å². The van der Waals surface area contributed by atoms with E-state index in [2.05, 4.69) is 28.9 Å². The number of carbonyl (C=O) groups is 1. The van der Waals surface area contributed by atoms with Gasteiger partial charge in [0.15, 0.2) is 0 Å². The monoisotopic (exact) mass is 316 g/mol. The smallest absolute Gasteiger partial charge is 0.347 e. The largest absolute Gasteiger partial charge is 0.477 e. The first-order chi connectivity index (χ1) is 10.7. The fraction of sp³-hybridized carbons (Fsp3) is 0.412. The van der Waals surface area contributed by atoms with Gasteiger partial charge in [0.25, 0.3) is 0 Å². The molecule has 22 heavy (non-hydrogen) atoms. The molecule has 1 aliphatic rings. The number of aromatic carboxylic acids is 1. The molecule has 5 heteroatoms. The van der Waals surface area contributed by atoms with Gasteiger partial charge in [-0.1, -0.05) is 18.2 Å². The van der Waals surface area contributed by atoms with E-state index < -0.39 is 5.97 Å². The molecule has 2 aromatic rings. The third-order valence-corrected chi connectivity index (χ3v) is 5.07. The zero-order valence-electron chi connectivity index (χ0n) is 12.7. The topological polar surface area (TPSA) is 53.4 Å². The number of benzene rings is 1. The molecule has 1 fully saturated rings. The summed E-state index contributed by atoms with van der Waals surface area (Å²) in [6, 6.07) is 10.3. The van der Waals surface area contributed by atoms with Crippen molar-refractivity contribution >= 4 is 23.0 Å². The molecule has 116 valence electrons. The van der Waals surface area contributed by atoms with Crippen molar-refractivity contribution in [1.29, 1.82) is 0 Å². The van der Waals surface area contributed by atoms with E-state index in [-0.39, 0.29) is 0 Å². The van der Waals surface area contributed by atoms with E-state index in [0.717, 1.165) is 43.1 Å². The quantitative estimate of drug-likeness (QED) is 0.844. The van der Waals surface area contributed by atoms with Crippen LogP contribution in [0.4, 0.5) is 5.69 Å². The van der Waals surface area contributed by atoms with Crippen LogP contribution in [0.1, 0.15) is 46.1 Å². The second kappa shape index (κ2) is 6.48. The number of carboxylic acids is 1. The second-order valence-corrected chi connectivity index (χ2v) is 6.65. The van der Waals surface area contributed by atoms with Crippen molar-refractivity contribution in [2.45, 2.75) is 32.1 Å². The Hall–Kier alpha value is -1.88. The number of nitrogens with zero attached hydrogens (tertiary/aromatic N) is 2. The number of aromatic nitrogens is 1. The van der Waals surface area contributed by atoms with E-state index >= 15 is 0 Å². The molecule has 1 saturated carbocycles. The standard InChI is InChI=1S/C17H20N2O2S/c1-2-19(13-6-4-3-5-7-13)11-10-14-18-15(12-8-9-12)16(22-14)17(20)21/h3-7,12H,2,8-11H2,1H3,(H,20,21). The molecule has 0 amide bonds. The molecule has 3 rings (SSSR count). The normalized spacial score (nSPS) is 14.0. The fourth-order valence-electron chi connectivity index (χ4n) is 2.61. The molecule has 0 saturated heterocycles. The molecule has 0 spiro atoms. The van der Waals surface area contributed by atoms with Gasteiger partial charge in [-0.05, 0) is 31.9 Å². The van der Waals surface area contributed by atoms with Gasteiger partial charge in [-0.25, -0.2) is 9.78 Å². The van der Waals surface area contributed by atoms with Crippen molar-refractivity contribution in [2.24, 2.45) is 0 Å². The predicted octanol–water partition coefficient (Wildman–Crippen LogP) is 3.79. The summed E-state index contributed by atoms with van der Waals surface area (Å²) in [5, 5.41) is 10.3. The number of likely N-dealkylation sites (N-methyl/N-ethyl adjacent to an activating group) is 1. The molecule has 0 bridgehead atoms. The Morgan fingerprint density at radius 3 is 2.68 bits per heavy atom. The minimum absolute atomic E-state index is 0.382. The van der Waals surface area contributed by atoms with Gasteiger partial charge in [-0.3, -0.25) is 0 Å². The minimum Gasteiger partial charge on any atom is -0.477 e. The third kappa shape index (κ3) is 3.30. The van der Waals surface area contributed by atoms with Crippen LogP contribution in [0.3, 0.4) is 0 Å². The van der Waals surface area contributed by atoms with Crippen LogP contribution in [0, 0.1) is 0 Å². The lowest BCUT2D eigenvalue weighted by molar-refractivity contribution is 0.0700. The maximum Gasteiger partial charge on any atom is 0.347 e. The van der Waals surface area contributed by atoms with E-state index in [1.807, 2.05) is 18.2 Å². The van der Waals surface area contributed by atoms with E-state index in [1.54, 1.807) is 0 Å². The molecule has 0 aliphatic heterocycles. The average molecular weight is 316 g/mol. The Morgan fingerprint density at radius 2 is 2.09 bits per heavy atom. The molecule has 1 aliphatic carbocycles. The van der Waals surface area contributed by atoms with Crippen LogP contribution in [0.2, 0.25) is 0 Å². The summed E-state index contributed by atoms with van der Waals surface area (Å²) in [4.78, 5) is 18.7. The Bertz CT molecular complexity index is 650. The summed E-state index contributed by atoms with van der Waals surface area (Å²) in [6.45, 7) is 3.92. The van der Waals surface area contributed by atoms with E-state index in [9.17, 15) is 9.90 Å². The maximum atomic E-state index is 11.3. The van der Waals surface area contributed by atoms with Crippen LogP contribution in [-0.2, 0) is 6.42 Å². The van der Waals surface area contributed by atoms with Crippen molar-refractivity contribution in [3.63, 3.8) is 0 Å². The number of thiazole rings is 1. The Labute approximate surface area is 134 Å². The average Bonchev–Trinajstić information content (AvgIpc) is 3.29. The number of rotatable bonds is 7. The van der Waals surface area contributed by atoms with Gasteiger partial charge in [0.2, 0.25) is 0 Å². The number of hydrogen-bond donors (Lipinski definition) is 1. The van der Waals surface area contributed by atoms with Gasteiger partial charge >= 0.3 is 5.97 Å². The highest BCUT2D eigenvalue weighted by Crippen LogP contribution is 2.42. The Kier molecular flexibility index (Phi) is 4.43. The van der Waals surface area contributed by atoms with Crippen molar-refractivity contribution in [2.75, 3.05) is 18.0 Å². The van der Waals surface area contributed by atoms with Crippen molar-refractivity contribution in [3.8, 4) is 0 Å². The molecule has 1 N–H and O–H groups in total. The first-order valence-electron chi connectivity index (χ1n) is 7.72. The summed E-state index contributed by atoms with van der Waals surface area (Å²) in [7, 11) is 0. The number of anilines is 1. The molecule has 4 nitrogen and oxygen atoms in total. The highest BCUT2D eigenvalue weighted by atomic mass is 32.1. The molecule has 1 aromatic heterocycles. The first-order valence-corrected chi connectivity index (χ1v) is 8.53. The minimum atomic E-state index is -0.832. The zero-order chi connectivity index (χ0) is 15.5. The van der Waals surface area contributed by atoms with Gasteiger partial charge in [0.1, 0.15) is 4.88 Å². The van der Waals surface area contributed by atoms with Gasteiger partial charge < -0.3 is 10.0 Å². The van der Waals surface area contributed by atoms with Crippen LogP contribution in [-0.4, -0.2) is 29.1 Å². The third-order valence-electron chi connectivity index (χ3n) is 3.95. The summed E-state index contributed by atoms with van der Waals surface area (Å²) >= 11 is 1.35. The van der Waals surface area contributed by atoms with Crippen LogP contribution >= 0.6 is 11.3 Å². The number of carboxylic acid groups (broad SMARTS) is 1.